The molecule has 6 nitrogen and oxygen atoms in total. The number of hydrogen-bond acceptors (Lipinski definition) is 5. The lowest BCUT2D eigenvalue weighted by Crippen LogP contribution is -2.24. The minimum Gasteiger partial charge on any atom is -0.470 e. The third-order valence-corrected chi connectivity index (χ3v) is 3.52. The molecule has 0 spiro atoms. The average molecular weight is 339 g/mol. The van der Waals surface area contributed by atoms with Gasteiger partial charge >= 0.3 is 0 Å². The van der Waals surface area contributed by atoms with Crippen molar-refractivity contribution in [2.24, 2.45) is 0 Å². The van der Waals surface area contributed by atoms with Crippen LogP contribution in [0, 0.1) is 0 Å². The van der Waals surface area contributed by atoms with Crippen LogP contribution in [0.25, 0.3) is 11.0 Å². The quantitative estimate of drug-likeness (QED) is 0.642. The van der Waals surface area contributed by atoms with Crippen LogP contribution in [-0.4, -0.2) is 26.4 Å². The second-order valence-electron chi connectivity index (χ2n) is 6.73. The maximum absolute atomic E-state index is 11.4. The molecule has 1 aromatic carbocycles. The first-order valence-electron chi connectivity index (χ1n) is 8.07. The molecule has 2 heterocycles. The highest BCUT2D eigenvalue weighted by molar-refractivity contribution is 5.96. The van der Waals surface area contributed by atoms with Gasteiger partial charge in [0.15, 0.2) is 6.29 Å². The van der Waals surface area contributed by atoms with Crippen molar-refractivity contribution in [1.82, 2.24) is 14.5 Å². The number of benzene rings is 1. The maximum Gasteiger partial charge on any atom is 0.242 e. The molecule has 25 heavy (non-hydrogen) atoms. The van der Waals surface area contributed by atoms with E-state index in [0.29, 0.717) is 29.1 Å². The van der Waals surface area contributed by atoms with Crippen LogP contribution in [-0.2, 0) is 18.1 Å². The predicted molar refractivity (Wildman–Crippen MR) is 94.5 cm³/mol. The highest BCUT2D eigenvalue weighted by Gasteiger charge is 2.20. The molecule has 0 radical (unpaired) electrons. The first-order chi connectivity index (χ1) is 12.0. The van der Waals surface area contributed by atoms with Crippen molar-refractivity contribution in [1.29, 1.82) is 0 Å². The van der Waals surface area contributed by atoms with Gasteiger partial charge in [0.2, 0.25) is 5.88 Å². The van der Waals surface area contributed by atoms with Gasteiger partial charge in [-0.1, -0.05) is 30.3 Å². The van der Waals surface area contributed by atoms with E-state index >= 15 is 0 Å². The van der Waals surface area contributed by atoms with Gasteiger partial charge in [-0.3, -0.25) is 4.79 Å². The molecule has 0 unspecified atom stereocenters. The Bertz CT molecular complexity index is 867. The highest BCUT2D eigenvalue weighted by atomic mass is 16.5. The van der Waals surface area contributed by atoms with Crippen molar-refractivity contribution in [3.63, 3.8) is 0 Å². The first-order valence-corrected chi connectivity index (χ1v) is 8.07. The Morgan fingerprint density at radius 2 is 1.92 bits per heavy atom. The highest BCUT2D eigenvalue weighted by Crippen LogP contribution is 2.28. The van der Waals surface area contributed by atoms with Gasteiger partial charge in [0.1, 0.15) is 29.7 Å². The van der Waals surface area contributed by atoms with E-state index in [4.69, 9.17) is 9.47 Å². The van der Waals surface area contributed by atoms with Crippen LogP contribution in [0.15, 0.2) is 42.9 Å². The van der Waals surface area contributed by atoms with Crippen molar-refractivity contribution in [3.8, 4) is 5.88 Å². The zero-order chi connectivity index (χ0) is 17.9. The number of aromatic nitrogens is 3. The molecule has 130 valence electrons. The van der Waals surface area contributed by atoms with Crippen molar-refractivity contribution in [2.45, 2.75) is 39.7 Å². The second-order valence-corrected chi connectivity index (χ2v) is 6.73. The van der Waals surface area contributed by atoms with Gasteiger partial charge in [0, 0.05) is 6.20 Å². The van der Waals surface area contributed by atoms with E-state index in [1.54, 1.807) is 6.20 Å². The van der Waals surface area contributed by atoms with E-state index in [9.17, 15) is 4.79 Å². The summed E-state index contributed by atoms with van der Waals surface area (Å²) in [5.74, 6) is 0.439. The molecule has 0 atom stereocenters. The normalized spacial score (nSPS) is 11.6. The molecule has 3 rings (SSSR count). The topological polar surface area (TPSA) is 66.2 Å². The van der Waals surface area contributed by atoms with Crippen LogP contribution >= 0.6 is 0 Å². The predicted octanol–water partition coefficient (Wildman–Crippen LogP) is 3.60. The summed E-state index contributed by atoms with van der Waals surface area (Å²) in [5.41, 5.74) is 2.37. The molecule has 0 amide bonds. The molecule has 0 N–H and O–H groups in total. The molecule has 6 heteroatoms. The largest absolute Gasteiger partial charge is 0.470 e. The summed E-state index contributed by atoms with van der Waals surface area (Å²) in [6.45, 7) is 6.58. The summed E-state index contributed by atoms with van der Waals surface area (Å²) >= 11 is 0. The molecule has 0 fully saturated rings. The SMILES string of the molecule is CC(C)(C)Oc1ncnc2c(C=O)cn(COCc3ccccc3)c12. The first kappa shape index (κ1) is 17.1. The van der Waals surface area contributed by atoms with Crippen LogP contribution in [0.4, 0.5) is 0 Å². The Labute approximate surface area is 146 Å². The number of hydrogen-bond donors (Lipinski definition) is 0. The fourth-order valence-electron chi connectivity index (χ4n) is 2.52. The van der Waals surface area contributed by atoms with E-state index in [-0.39, 0.29) is 6.73 Å². The molecule has 0 aliphatic rings. The Kier molecular flexibility index (Phi) is 4.81. The summed E-state index contributed by atoms with van der Waals surface area (Å²) in [5, 5.41) is 0. The van der Waals surface area contributed by atoms with Crippen molar-refractivity contribution in [2.75, 3.05) is 0 Å². The minimum absolute atomic E-state index is 0.271. The Balaban J connectivity index is 1.89. The summed E-state index contributed by atoms with van der Waals surface area (Å²) in [7, 11) is 0. The zero-order valence-corrected chi connectivity index (χ0v) is 14.6. The van der Waals surface area contributed by atoms with Gasteiger partial charge in [0.05, 0.1) is 12.2 Å². The monoisotopic (exact) mass is 339 g/mol. The fourth-order valence-corrected chi connectivity index (χ4v) is 2.52. The number of nitrogens with zero attached hydrogens (tertiary/aromatic N) is 3. The van der Waals surface area contributed by atoms with E-state index in [1.807, 2.05) is 55.7 Å². The molecule has 0 saturated carbocycles. The third kappa shape index (κ3) is 4.03. The van der Waals surface area contributed by atoms with Crippen LogP contribution < -0.4 is 4.74 Å². The van der Waals surface area contributed by atoms with Crippen molar-refractivity contribution in [3.05, 3.63) is 54.0 Å². The molecular weight excluding hydrogens is 318 g/mol. The van der Waals surface area contributed by atoms with Crippen LogP contribution in [0.5, 0.6) is 5.88 Å². The Morgan fingerprint density at radius 1 is 1.16 bits per heavy atom. The lowest BCUT2D eigenvalue weighted by Gasteiger charge is -2.21. The number of carbonyl (C=O) groups is 1. The number of rotatable bonds is 6. The zero-order valence-electron chi connectivity index (χ0n) is 14.6. The third-order valence-electron chi connectivity index (χ3n) is 3.52. The lowest BCUT2D eigenvalue weighted by atomic mass is 10.2. The number of ether oxygens (including phenoxy) is 2. The molecule has 3 aromatic rings. The van der Waals surface area contributed by atoms with E-state index in [2.05, 4.69) is 9.97 Å². The van der Waals surface area contributed by atoms with Gasteiger partial charge in [-0.05, 0) is 26.3 Å². The summed E-state index contributed by atoms with van der Waals surface area (Å²) in [6.07, 6.45) is 3.91. The summed E-state index contributed by atoms with van der Waals surface area (Å²) in [4.78, 5) is 19.8. The molecular formula is C19H21N3O3. The van der Waals surface area contributed by atoms with Crippen molar-refractivity contribution < 1.29 is 14.3 Å². The molecule has 0 bridgehead atoms. The Morgan fingerprint density at radius 3 is 2.60 bits per heavy atom. The minimum atomic E-state index is -0.414. The standard InChI is InChI=1S/C19H21N3O3/c1-19(2,3)25-18-17-16(20-12-21-18)15(10-23)9-22(17)13-24-11-14-7-5-4-6-8-14/h4-10,12H,11,13H2,1-3H3. The van der Waals surface area contributed by atoms with Gasteiger partial charge in [0.25, 0.3) is 0 Å². The van der Waals surface area contributed by atoms with Gasteiger partial charge < -0.3 is 14.0 Å². The van der Waals surface area contributed by atoms with Gasteiger partial charge in [-0.2, -0.15) is 4.98 Å². The fraction of sp³-hybridized carbons (Fsp3) is 0.316. The van der Waals surface area contributed by atoms with Gasteiger partial charge in [-0.25, -0.2) is 4.98 Å². The average Bonchev–Trinajstić information content (AvgIpc) is 2.94. The van der Waals surface area contributed by atoms with E-state index < -0.39 is 5.60 Å². The molecule has 0 saturated heterocycles. The number of fused-ring (bicyclic) bond motifs is 1. The molecule has 0 aliphatic carbocycles. The lowest BCUT2D eigenvalue weighted by molar-refractivity contribution is 0.0655. The van der Waals surface area contributed by atoms with E-state index in [0.717, 1.165) is 11.8 Å². The smallest absolute Gasteiger partial charge is 0.242 e. The van der Waals surface area contributed by atoms with Crippen molar-refractivity contribution >= 4 is 17.3 Å². The molecule has 2 aromatic heterocycles. The van der Waals surface area contributed by atoms with E-state index in [1.165, 1.54) is 6.33 Å². The molecule has 0 aliphatic heterocycles. The number of aldehydes is 1. The van der Waals surface area contributed by atoms with Crippen LogP contribution in [0.2, 0.25) is 0 Å². The summed E-state index contributed by atoms with van der Waals surface area (Å²) < 4.78 is 13.5. The van der Waals surface area contributed by atoms with Crippen LogP contribution in [0.3, 0.4) is 0 Å². The Hall–Kier alpha value is -2.73. The van der Waals surface area contributed by atoms with Crippen LogP contribution in [0.1, 0.15) is 36.7 Å². The number of carbonyl (C=O) groups excluding carboxylic acids is 1. The van der Waals surface area contributed by atoms with Gasteiger partial charge in [-0.15, -0.1) is 0 Å². The second kappa shape index (κ2) is 7.03. The maximum atomic E-state index is 11.4. The summed E-state index contributed by atoms with van der Waals surface area (Å²) in [6, 6.07) is 9.91.